The number of fused-ring (bicyclic) bond motifs is 1. The SMILES string of the molecule is O=C(ON1C(=O)c2ccccc2C1=O)c1cnc(-c2ccco2)s1. The number of benzene rings is 1. The van der Waals surface area contributed by atoms with Gasteiger partial charge in [0.05, 0.1) is 23.6 Å². The van der Waals surface area contributed by atoms with E-state index in [9.17, 15) is 14.4 Å². The minimum atomic E-state index is -0.834. The third kappa shape index (κ3) is 2.20. The Hall–Kier alpha value is -3.26. The van der Waals surface area contributed by atoms with Crippen molar-refractivity contribution in [2.45, 2.75) is 0 Å². The number of imide groups is 1. The highest BCUT2D eigenvalue weighted by atomic mass is 32.1. The van der Waals surface area contributed by atoms with Crippen LogP contribution in [0.3, 0.4) is 0 Å². The molecular formula is C16H8N2O5S. The lowest BCUT2D eigenvalue weighted by molar-refractivity contribution is -0.0581. The van der Waals surface area contributed by atoms with Gasteiger partial charge in [-0.05, 0) is 24.3 Å². The van der Waals surface area contributed by atoms with Gasteiger partial charge in [-0.25, -0.2) is 9.78 Å². The molecule has 3 heterocycles. The van der Waals surface area contributed by atoms with Crippen LogP contribution in [0, 0.1) is 0 Å². The molecule has 0 saturated carbocycles. The number of rotatable bonds is 3. The first-order chi connectivity index (χ1) is 11.6. The molecule has 0 spiro atoms. The van der Waals surface area contributed by atoms with E-state index in [1.165, 1.54) is 24.6 Å². The minimum absolute atomic E-state index is 0.151. The molecule has 0 N–H and O–H groups in total. The maximum Gasteiger partial charge on any atom is 0.375 e. The number of nitrogens with zero attached hydrogens (tertiary/aromatic N) is 2. The number of carbonyl (C=O) groups is 3. The first-order valence-corrected chi connectivity index (χ1v) is 7.66. The van der Waals surface area contributed by atoms with E-state index in [1.54, 1.807) is 24.3 Å². The predicted octanol–water partition coefficient (Wildman–Crippen LogP) is 2.77. The van der Waals surface area contributed by atoms with E-state index < -0.39 is 17.8 Å². The normalized spacial score (nSPS) is 13.2. The molecule has 0 atom stereocenters. The van der Waals surface area contributed by atoms with Crippen molar-refractivity contribution in [2.75, 3.05) is 0 Å². The molecule has 2 aromatic heterocycles. The Kier molecular flexibility index (Phi) is 3.24. The molecule has 118 valence electrons. The zero-order chi connectivity index (χ0) is 16.7. The van der Waals surface area contributed by atoms with E-state index in [0.717, 1.165) is 11.3 Å². The van der Waals surface area contributed by atoms with Gasteiger partial charge in [0.15, 0.2) is 10.8 Å². The van der Waals surface area contributed by atoms with E-state index in [2.05, 4.69) is 4.98 Å². The predicted molar refractivity (Wildman–Crippen MR) is 82.2 cm³/mol. The molecule has 0 aliphatic carbocycles. The molecule has 7 nitrogen and oxygen atoms in total. The second-order valence-electron chi connectivity index (χ2n) is 4.84. The Balaban J connectivity index is 1.55. The van der Waals surface area contributed by atoms with Crippen LogP contribution in [0.2, 0.25) is 0 Å². The molecule has 24 heavy (non-hydrogen) atoms. The number of amides is 2. The summed E-state index contributed by atoms with van der Waals surface area (Å²) in [6.45, 7) is 0. The van der Waals surface area contributed by atoms with Crippen LogP contribution in [0.25, 0.3) is 10.8 Å². The summed E-state index contributed by atoms with van der Waals surface area (Å²) in [6.07, 6.45) is 2.80. The van der Waals surface area contributed by atoms with Crippen molar-refractivity contribution in [1.29, 1.82) is 0 Å². The van der Waals surface area contributed by atoms with Gasteiger partial charge in [0.2, 0.25) is 0 Å². The Morgan fingerprint density at radius 2 is 1.79 bits per heavy atom. The summed E-state index contributed by atoms with van der Waals surface area (Å²) in [5.74, 6) is -1.65. The summed E-state index contributed by atoms with van der Waals surface area (Å²) >= 11 is 1.04. The fourth-order valence-corrected chi connectivity index (χ4v) is 3.02. The fourth-order valence-electron chi connectivity index (χ4n) is 2.26. The lowest BCUT2D eigenvalue weighted by Gasteiger charge is -2.11. The second kappa shape index (κ2) is 5.43. The van der Waals surface area contributed by atoms with E-state index in [1.807, 2.05) is 0 Å². The van der Waals surface area contributed by atoms with Crippen LogP contribution in [0.4, 0.5) is 0 Å². The van der Waals surface area contributed by atoms with Gasteiger partial charge in [-0.3, -0.25) is 9.59 Å². The molecule has 2 amide bonds. The quantitative estimate of drug-likeness (QED) is 0.681. The van der Waals surface area contributed by atoms with Crippen molar-refractivity contribution in [3.63, 3.8) is 0 Å². The smallest absolute Gasteiger partial charge is 0.375 e. The van der Waals surface area contributed by atoms with Crippen molar-refractivity contribution in [1.82, 2.24) is 10.0 Å². The number of hydrogen-bond donors (Lipinski definition) is 0. The molecule has 0 unspecified atom stereocenters. The first kappa shape index (κ1) is 14.3. The average Bonchev–Trinajstić information content (AvgIpc) is 3.32. The van der Waals surface area contributed by atoms with Gasteiger partial charge in [-0.15, -0.1) is 11.3 Å². The minimum Gasteiger partial charge on any atom is -0.462 e. The van der Waals surface area contributed by atoms with E-state index in [4.69, 9.17) is 9.25 Å². The van der Waals surface area contributed by atoms with Gasteiger partial charge >= 0.3 is 5.97 Å². The number of hydrogen-bond acceptors (Lipinski definition) is 7. The fraction of sp³-hybridized carbons (Fsp3) is 0. The zero-order valence-corrected chi connectivity index (χ0v) is 12.8. The summed E-state index contributed by atoms with van der Waals surface area (Å²) in [5.41, 5.74) is 0.409. The maximum absolute atomic E-state index is 12.2. The Morgan fingerprint density at radius 1 is 1.08 bits per heavy atom. The highest BCUT2D eigenvalue weighted by Crippen LogP contribution is 2.27. The zero-order valence-electron chi connectivity index (χ0n) is 12.0. The van der Waals surface area contributed by atoms with Gasteiger partial charge in [-0.2, -0.15) is 0 Å². The average molecular weight is 340 g/mol. The van der Waals surface area contributed by atoms with Crippen LogP contribution in [-0.2, 0) is 4.84 Å². The van der Waals surface area contributed by atoms with Crippen molar-refractivity contribution in [3.8, 4) is 10.8 Å². The lowest BCUT2D eigenvalue weighted by Crippen LogP contribution is -2.32. The third-order valence-electron chi connectivity index (χ3n) is 3.37. The summed E-state index contributed by atoms with van der Waals surface area (Å²) in [6, 6.07) is 9.68. The summed E-state index contributed by atoms with van der Waals surface area (Å²) in [4.78, 5) is 45.7. The Morgan fingerprint density at radius 3 is 2.42 bits per heavy atom. The molecule has 3 aromatic rings. The summed E-state index contributed by atoms with van der Waals surface area (Å²) in [5, 5.41) is 0.966. The largest absolute Gasteiger partial charge is 0.462 e. The number of carbonyl (C=O) groups excluding carboxylic acids is 3. The number of aromatic nitrogens is 1. The van der Waals surface area contributed by atoms with Crippen LogP contribution in [0.15, 0.2) is 53.3 Å². The van der Waals surface area contributed by atoms with Gasteiger partial charge in [0, 0.05) is 0 Å². The van der Waals surface area contributed by atoms with Crippen molar-refractivity contribution < 1.29 is 23.6 Å². The third-order valence-corrected chi connectivity index (χ3v) is 4.36. The molecule has 1 aliphatic heterocycles. The molecule has 1 aliphatic rings. The monoisotopic (exact) mass is 340 g/mol. The molecule has 0 fully saturated rings. The Bertz CT molecular complexity index is 926. The van der Waals surface area contributed by atoms with Crippen molar-refractivity contribution in [3.05, 3.63) is 64.9 Å². The summed E-state index contributed by atoms with van der Waals surface area (Å²) in [7, 11) is 0. The van der Waals surface area contributed by atoms with Crippen molar-refractivity contribution >= 4 is 29.1 Å². The standard InChI is InChI=1S/C16H8N2O5S/c19-14-9-4-1-2-5-10(9)15(20)18(14)23-16(21)12-8-17-13(24-12)11-6-3-7-22-11/h1-8H. The van der Waals surface area contributed by atoms with E-state index in [-0.39, 0.29) is 16.0 Å². The van der Waals surface area contributed by atoms with E-state index in [0.29, 0.717) is 15.8 Å². The van der Waals surface area contributed by atoms with Crippen LogP contribution in [0.5, 0.6) is 0 Å². The van der Waals surface area contributed by atoms with Gasteiger partial charge < -0.3 is 9.25 Å². The lowest BCUT2D eigenvalue weighted by atomic mass is 10.1. The molecule has 0 saturated heterocycles. The van der Waals surface area contributed by atoms with Crippen molar-refractivity contribution in [2.24, 2.45) is 0 Å². The van der Waals surface area contributed by atoms with Gasteiger partial charge in [-0.1, -0.05) is 17.2 Å². The molecule has 1 aromatic carbocycles. The first-order valence-electron chi connectivity index (χ1n) is 6.85. The Labute approximate surface area is 139 Å². The number of furan rings is 1. The molecule has 4 rings (SSSR count). The van der Waals surface area contributed by atoms with Crippen LogP contribution < -0.4 is 0 Å². The van der Waals surface area contributed by atoms with Gasteiger partial charge in [0.1, 0.15) is 4.88 Å². The summed E-state index contributed by atoms with van der Waals surface area (Å²) < 4.78 is 5.20. The highest BCUT2D eigenvalue weighted by Gasteiger charge is 2.39. The highest BCUT2D eigenvalue weighted by molar-refractivity contribution is 7.16. The molecular weight excluding hydrogens is 332 g/mol. The molecule has 0 bridgehead atoms. The second-order valence-corrected chi connectivity index (χ2v) is 5.87. The van der Waals surface area contributed by atoms with Crippen LogP contribution in [0.1, 0.15) is 30.4 Å². The molecule has 8 heteroatoms. The van der Waals surface area contributed by atoms with E-state index >= 15 is 0 Å². The molecule has 0 radical (unpaired) electrons. The van der Waals surface area contributed by atoms with Gasteiger partial charge in [0.25, 0.3) is 11.8 Å². The van der Waals surface area contributed by atoms with Crippen LogP contribution in [-0.4, -0.2) is 27.8 Å². The number of thiazole rings is 1. The maximum atomic E-state index is 12.2. The topological polar surface area (TPSA) is 89.7 Å². The number of hydroxylamine groups is 2. The van der Waals surface area contributed by atoms with Crippen LogP contribution >= 0.6 is 11.3 Å².